The van der Waals surface area contributed by atoms with Gasteiger partial charge in [0.1, 0.15) is 5.75 Å². The maximum absolute atomic E-state index is 11.6. The van der Waals surface area contributed by atoms with Crippen molar-refractivity contribution in [1.82, 2.24) is 5.43 Å². The minimum absolute atomic E-state index is 0.140. The Bertz CT molecular complexity index is 724. The average molecular weight is 312 g/mol. The van der Waals surface area contributed by atoms with Crippen LogP contribution in [0.3, 0.4) is 0 Å². The van der Waals surface area contributed by atoms with Crippen LogP contribution in [0.4, 0.5) is 0 Å². The van der Waals surface area contributed by atoms with Gasteiger partial charge in [-0.2, -0.15) is 5.10 Å². The van der Waals surface area contributed by atoms with Gasteiger partial charge in [-0.25, -0.2) is 10.2 Å². The fourth-order valence-corrected chi connectivity index (χ4v) is 1.78. The molecule has 0 unspecified atom stereocenters. The maximum Gasteiger partial charge on any atom is 0.335 e. The normalized spacial score (nSPS) is 10.5. The van der Waals surface area contributed by atoms with Crippen molar-refractivity contribution in [3.63, 3.8) is 0 Å². The van der Waals surface area contributed by atoms with Gasteiger partial charge in [0.05, 0.1) is 11.8 Å². The highest BCUT2D eigenvalue weighted by Crippen LogP contribution is 2.11. The standard InChI is InChI=1S/C17H16N2O4/c1-12-3-2-4-15(9-12)23-11-16(20)19-18-10-13-5-7-14(8-6-13)17(21)22/h2-10H,11H2,1H3,(H,19,20)(H,21,22)/b18-10-. The van der Waals surface area contributed by atoms with Gasteiger partial charge in [-0.05, 0) is 42.3 Å². The third-order valence-corrected chi connectivity index (χ3v) is 2.92. The van der Waals surface area contributed by atoms with E-state index in [1.54, 1.807) is 18.2 Å². The second-order valence-corrected chi connectivity index (χ2v) is 4.83. The van der Waals surface area contributed by atoms with Crippen LogP contribution in [0, 0.1) is 6.92 Å². The lowest BCUT2D eigenvalue weighted by molar-refractivity contribution is -0.123. The number of carboxylic acids is 1. The van der Waals surface area contributed by atoms with E-state index in [0.29, 0.717) is 11.3 Å². The van der Waals surface area contributed by atoms with Crippen LogP contribution in [0.1, 0.15) is 21.5 Å². The SMILES string of the molecule is Cc1cccc(OCC(=O)N/N=C\c2ccc(C(=O)O)cc2)c1. The molecule has 6 heteroatoms. The first-order chi connectivity index (χ1) is 11.0. The molecule has 0 aliphatic rings. The van der Waals surface area contributed by atoms with Gasteiger partial charge in [0.25, 0.3) is 5.91 Å². The number of aromatic carboxylic acids is 1. The molecule has 0 aliphatic heterocycles. The molecular formula is C17H16N2O4. The van der Waals surface area contributed by atoms with Crippen LogP contribution < -0.4 is 10.2 Å². The van der Waals surface area contributed by atoms with Crippen molar-refractivity contribution < 1.29 is 19.4 Å². The fourth-order valence-electron chi connectivity index (χ4n) is 1.78. The lowest BCUT2D eigenvalue weighted by atomic mass is 10.1. The molecule has 0 bridgehead atoms. The molecule has 0 radical (unpaired) electrons. The predicted octanol–water partition coefficient (Wildman–Crippen LogP) is 2.22. The Hall–Kier alpha value is -3.15. The van der Waals surface area contributed by atoms with Crippen molar-refractivity contribution in [3.8, 4) is 5.75 Å². The molecule has 0 spiro atoms. The molecule has 2 aromatic rings. The summed E-state index contributed by atoms with van der Waals surface area (Å²) >= 11 is 0. The van der Waals surface area contributed by atoms with E-state index in [2.05, 4.69) is 10.5 Å². The molecule has 0 saturated carbocycles. The second kappa shape index (κ2) is 7.74. The quantitative estimate of drug-likeness (QED) is 0.632. The van der Waals surface area contributed by atoms with Crippen LogP contribution in [0.2, 0.25) is 0 Å². The zero-order chi connectivity index (χ0) is 16.7. The number of amides is 1. The molecule has 6 nitrogen and oxygen atoms in total. The Morgan fingerprint density at radius 2 is 1.96 bits per heavy atom. The number of benzene rings is 2. The molecule has 0 atom stereocenters. The van der Waals surface area contributed by atoms with Gasteiger partial charge in [0.2, 0.25) is 0 Å². The largest absolute Gasteiger partial charge is 0.484 e. The molecule has 0 aromatic heterocycles. The van der Waals surface area contributed by atoms with Gasteiger partial charge in [-0.1, -0.05) is 24.3 Å². The van der Waals surface area contributed by atoms with Crippen LogP contribution in [0.15, 0.2) is 53.6 Å². The van der Waals surface area contributed by atoms with E-state index in [4.69, 9.17) is 9.84 Å². The first kappa shape index (κ1) is 16.2. The number of carboxylic acid groups (broad SMARTS) is 1. The lowest BCUT2D eigenvalue weighted by Crippen LogP contribution is -2.24. The van der Waals surface area contributed by atoms with E-state index < -0.39 is 5.97 Å². The smallest absolute Gasteiger partial charge is 0.335 e. The molecule has 118 valence electrons. The number of hydrogen-bond acceptors (Lipinski definition) is 4. The van der Waals surface area contributed by atoms with Crippen molar-refractivity contribution in [2.45, 2.75) is 6.92 Å². The summed E-state index contributed by atoms with van der Waals surface area (Å²) in [7, 11) is 0. The second-order valence-electron chi connectivity index (χ2n) is 4.83. The van der Waals surface area contributed by atoms with E-state index in [9.17, 15) is 9.59 Å². The van der Waals surface area contributed by atoms with Crippen LogP contribution >= 0.6 is 0 Å². The zero-order valence-electron chi connectivity index (χ0n) is 12.5. The summed E-state index contributed by atoms with van der Waals surface area (Å²) in [5.74, 6) is -0.756. The molecule has 0 heterocycles. The van der Waals surface area contributed by atoms with Gasteiger partial charge in [-0.15, -0.1) is 0 Å². The van der Waals surface area contributed by atoms with Crippen LogP contribution in [-0.2, 0) is 4.79 Å². The third-order valence-electron chi connectivity index (χ3n) is 2.92. The molecule has 0 saturated heterocycles. The zero-order valence-corrected chi connectivity index (χ0v) is 12.5. The molecule has 23 heavy (non-hydrogen) atoms. The number of hydrogen-bond donors (Lipinski definition) is 2. The Morgan fingerprint density at radius 3 is 2.61 bits per heavy atom. The number of rotatable bonds is 6. The molecular weight excluding hydrogens is 296 g/mol. The van der Waals surface area contributed by atoms with Gasteiger partial charge >= 0.3 is 5.97 Å². The number of aryl methyl sites for hydroxylation is 1. The topological polar surface area (TPSA) is 88.0 Å². The first-order valence-electron chi connectivity index (χ1n) is 6.89. The Kier molecular flexibility index (Phi) is 5.46. The highest BCUT2D eigenvalue weighted by atomic mass is 16.5. The van der Waals surface area contributed by atoms with E-state index >= 15 is 0 Å². The fraction of sp³-hybridized carbons (Fsp3) is 0.118. The van der Waals surface area contributed by atoms with E-state index in [0.717, 1.165) is 5.56 Å². The van der Waals surface area contributed by atoms with Crippen LogP contribution in [0.5, 0.6) is 5.75 Å². The summed E-state index contributed by atoms with van der Waals surface area (Å²) in [4.78, 5) is 22.3. The predicted molar refractivity (Wildman–Crippen MR) is 85.8 cm³/mol. The molecule has 1 amide bonds. The van der Waals surface area contributed by atoms with Crippen molar-refractivity contribution >= 4 is 18.1 Å². The monoisotopic (exact) mass is 312 g/mol. The first-order valence-corrected chi connectivity index (χ1v) is 6.89. The third kappa shape index (κ3) is 5.28. The summed E-state index contributed by atoms with van der Waals surface area (Å²) in [6.07, 6.45) is 1.43. The summed E-state index contributed by atoms with van der Waals surface area (Å²) in [6.45, 7) is 1.80. The summed E-state index contributed by atoms with van der Waals surface area (Å²) < 4.78 is 5.34. The number of nitrogens with zero attached hydrogens (tertiary/aromatic N) is 1. The summed E-state index contributed by atoms with van der Waals surface area (Å²) in [6, 6.07) is 13.5. The van der Waals surface area contributed by atoms with E-state index in [1.807, 2.05) is 25.1 Å². The number of carbonyl (C=O) groups excluding carboxylic acids is 1. The molecule has 2 aromatic carbocycles. The lowest BCUT2D eigenvalue weighted by Gasteiger charge is -2.05. The Morgan fingerprint density at radius 1 is 1.22 bits per heavy atom. The molecule has 2 N–H and O–H groups in total. The van der Waals surface area contributed by atoms with Crippen molar-refractivity contribution in [2.24, 2.45) is 5.10 Å². The van der Waals surface area contributed by atoms with Crippen molar-refractivity contribution in [1.29, 1.82) is 0 Å². The van der Waals surface area contributed by atoms with Crippen LogP contribution in [-0.4, -0.2) is 29.8 Å². The minimum atomic E-state index is -0.991. The van der Waals surface area contributed by atoms with Crippen molar-refractivity contribution in [3.05, 3.63) is 65.2 Å². The van der Waals surface area contributed by atoms with Crippen molar-refractivity contribution in [2.75, 3.05) is 6.61 Å². The molecule has 0 aliphatic carbocycles. The van der Waals surface area contributed by atoms with E-state index in [-0.39, 0.29) is 18.1 Å². The maximum atomic E-state index is 11.6. The molecule has 2 rings (SSSR count). The Balaban J connectivity index is 1.80. The van der Waals surface area contributed by atoms with E-state index in [1.165, 1.54) is 18.3 Å². The van der Waals surface area contributed by atoms with Crippen LogP contribution in [0.25, 0.3) is 0 Å². The number of hydrazone groups is 1. The summed E-state index contributed by atoms with van der Waals surface area (Å²) in [5, 5.41) is 12.6. The number of ether oxygens (including phenoxy) is 1. The number of nitrogens with one attached hydrogen (secondary N) is 1. The van der Waals surface area contributed by atoms with Gasteiger partial charge < -0.3 is 9.84 Å². The van der Waals surface area contributed by atoms with Gasteiger partial charge in [0.15, 0.2) is 6.61 Å². The van der Waals surface area contributed by atoms with Gasteiger partial charge in [-0.3, -0.25) is 4.79 Å². The highest BCUT2D eigenvalue weighted by molar-refractivity contribution is 5.89. The highest BCUT2D eigenvalue weighted by Gasteiger charge is 2.02. The Labute approximate surface area is 133 Å². The number of carbonyl (C=O) groups is 2. The summed E-state index contributed by atoms with van der Waals surface area (Å²) in [5.41, 5.74) is 4.26. The minimum Gasteiger partial charge on any atom is -0.484 e. The average Bonchev–Trinajstić information content (AvgIpc) is 2.53. The van der Waals surface area contributed by atoms with Gasteiger partial charge in [0, 0.05) is 0 Å². The molecule has 0 fully saturated rings.